The van der Waals surface area contributed by atoms with Crippen LogP contribution in [-0.2, 0) is 0 Å². The van der Waals surface area contributed by atoms with E-state index in [9.17, 15) is 0 Å². The van der Waals surface area contributed by atoms with Gasteiger partial charge in [0.1, 0.15) is 0 Å². The smallest absolute Gasteiger partial charge is 0.0160 e. The lowest BCUT2D eigenvalue weighted by molar-refractivity contribution is 1.46. The normalized spacial score (nSPS) is 11.7. The maximum absolute atomic E-state index is 2.34. The molecule has 0 amide bonds. The Bertz CT molecular complexity index is 257. The van der Waals surface area contributed by atoms with Crippen LogP contribution in [0, 0.1) is 6.92 Å². The molecule has 1 aromatic carbocycles. The van der Waals surface area contributed by atoms with E-state index in [-0.39, 0.29) is 0 Å². The summed E-state index contributed by atoms with van der Waals surface area (Å²) in [5.41, 5.74) is 2.62. The van der Waals surface area contributed by atoms with Crippen LogP contribution in [-0.4, -0.2) is 0 Å². The second kappa shape index (κ2) is 3.90. The summed E-state index contributed by atoms with van der Waals surface area (Å²) in [4.78, 5) is 0. The highest BCUT2D eigenvalue weighted by Gasteiger charge is 1.93. The molecule has 0 atom stereocenters. The molecule has 0 saturated carbocycles. The van der Waals surface area contributed by atoms with Crippen molar-refractivity contribution in [3.8, 4) is 0 Å². The van der Waals surface area contributed by atoms with E-state index in [4.69, 9.17) is 0 Å². The molecule has 58 valence electrons. The Morgan fingerprint density at radius 2 is 1.82 bits per heavy atom. The van der Waals surface area contributed by atoms with Crippen LogP contribution in [0.2, 0.25) is 0 Å². The van der Waals surface area contributed by atoms with Gasteiger partial charge in [-0.05, 0) is 42.0 Å². The lowest BCUT2D eigenvalue weighted by Gasteiger charge is -1.98. The van der Waals surface area contributed by atoms with E-state index >= 15 is 0 Å². The van der Waals surface area contributed by atoms with E-state index < -0.39 is 0 Å². The summed E-state index contributed by atoms with van der Waals surface area (Å²) in [5, 5.41) is 0. The fourth-order valence-electron chi connectivity index (χ4n) is 0.879. The number of aryl methyl sites for hydroxylation is 1. The summed E-state index contributed by atoms with van der Waals surface area (Å²) in [5.74, 6) is 0. The van der Waals surface area contributed by atoms with Gasteiger partial charge < -0.3 is 0 Å². The molecule has 0 aliphatic rings. The van der Waals surface area contributed by atoms with Gasteiger partial charge in [-0.3, -0.25) is 0 Å². The first-order valence-corrected chi connectivity index (χ1v) is 4.71. The van der Waals surface area contributed by atoms with Crippen molar-refractivity contribution < 1.29 is 0 Å². The highest BCUT2D eigenvalue weighted by Crippen LogP contribution is 2.21. The second-order valence-electron chi connectivity index (χ2n) is 2.50. The Morgan fingerprint density at radius 1 is 1.27 bits per heavy atom. The quantitative estimate of drug-likeness (QED) is 0.672. The van der Waals surface area contributed by atoms with Crippen molar-refractivity contribution in [2.75, 3.05) is 0 Å². The molecule has 0 N–H and O–H groups in total. The predicted molar refractivity (Wildman–Crippen MR) is 58.9 cm³/mol. The van der Waals surface area contributed by atoms with Crippen molar-refractivity contribution in [1.29, 1.82) is 0 Å². The molecule has 0 bridgehead atoms. The molecule has 1 aromatic rings. The first-order chi connectivity index (χ1) is 5.24. The number of hydrogen-bond acceptors (Lipinski definition) is 0. The van der Waals surface area contributed by atoms with E-state index in [1.807, 2.05) is 0 Å². The largest absolute Gasteiger partial charge is 0.0736 e. The minimum atomic E-state index is 1.30. The number of allylic oxidation sites excluding steroid dienone is 1. The minimum Gasteiger partial charge on any atom is -0.0736 e. The second-order valence-corrected chi connectivity index (χ2v) is 3.66. The van der Waals surface area contributed by atoms with Crippen LogP contribution >= 0.6 is 22.6 Å². The topological polar surface area (TPSA) is 0 Å². The Hall–Kier alpha value is -0.310. The van der Waals surface area contributed by atoms with Crippen molar-refractivity contribution in [2.24, 2.45) is 0 Å². The van der Waals surface area contributed by atoms with Gasteiger partial charge in [0, 0.05) is 3.58 Å². The van der Waals surface area contributed by atoms with Crippen molar-refractivity contribution in [3.63, 3.8) is 0 Å². The van der Waals surface area contributed by atoms with Crippen molar-refractivity contribution in [3.05, 3.63) is 41.5 Å². The monoisotopic (exact) mass is 258 g/mol. The molecule has 11 heavy (non-hydrogen) atoms. The van der Waals surface area contributed by atoms with Gasteiger partial charge in [-0.2, -0.15) is 0 Å². The maximum Gasteiger partial charge on any atom is 0.0160 e. The van der Waals surface area contributed by atoms with Crippen molar-refractivity contribution >= 4 is 26.2 Å². The van der Waals surface area contributed by atoms with E-state index in [1.54, 1.807) is 0 Å². The van der Waals surface area contributed by atoms with Gasteiger partial charge in [0.25, 0.3) is 0 Å². The van der Waals surface area contributed by atoms with Gasteiger partial charge in [0.15, 0.2) is 0 Å². The zero-order valence-corrected chi connectivity index (χ0v) is 8.92. The lowest BCUT2D eigenvalue weighted by Crippen LogP contribution is -1.76. The first-order valence-electron chi connectivity index (χ1n) is 3.63. The third-order valence-electron chi connectivity index (χ3n) is 1.58. The summed E-state index contributed by atoms with van der Waals surface area (Å²) in [7, 11) is 0. The fraction of sp³-hybridized carbons (Fsp3) is 0.200. The zero-order valence-electron chi connectivity index (χ0n) is 6.76. The van der Waals surface area contributed by atoms with Gasteiger partial charge in [0.2, 0.25) is 0 Å². The summed E-state index contributed by atoms with van der Waals surface area (Å²) >= 11 is 2.34. The number of rotatable bonds is 1. The van der Waals surface area contributed by atoms with Gasteiger partial charge in [0.05, 0.1) is 0 Å². The average molecular weight is 258 g/mol. The molecule has 0 unspecified atom stereocenters. The molecule has 1 rings (SSSR count). The molecule has 0 nitrogen and oxygen atoms in total. The minimum absolute atomic E-state index is 1.30. The zero-order chi connectivity index (χ0) is 8.27. The lowest BCUT2D eigenvalue weighted by atomic mass is 10.1. The summed E-state index contributed by atoms with van der Waals surface area (Å²) in [6.07, 6.45) is 2.12. The molecule has 0 aromatic heterocycles. The van der Waals surface area contributed by atoms with Crippen LogP contribution in [0.3, 0.4) is 0 Å². The number of benzene rings is 1. The van der Waals surface area contributed by atoms with Gasteiger partial charge in [-0.1, -0.05) is 35.9 Å². The molecule has 0 aliphatic heterocycles. The standard InChI is InChI=1S/C10H11I/c1-3-10(11)9-6-4-8(2)5-7-9/h3-7H,1-2H3/b10-3-. The van der Waals surface area contributed by atoms with Gasteiger partial charge in [-0.15, -0.1) is 0 Å². The van der Waals surface area contributed by atoms with Crippen LogP contribution in [0.1, 0.15) is 18.1 Å². The van der Waals surface area contributed by atoms with Crippen molar-refractivity contribution in [2.45, 2.75) is 13.8 Å². The first kappa shape index (κ1) is 8.78. The Labute approximate surface area is 81.5 Å². The highest BCUT2D eigenvalue weighted by molar-refractivity contribution is 14.1. The van der Waals surface area contributed by atoms with Crippen LogP contribution < -0.4 is 0 Å². The molecule has 0 saturated heterocycles. The molecular formula is C10H11I. The van der Waals surface area contributed by atoms with E-state index in [0.717, 1.165) is 0 Å². The molecule has 0 radical (unpaired) electrons. The predicted octanol–water partition coefficient (Wildman–Crippen LogP) is 3.79. The van der Waals surface area contributed by atoms with Crippen LogP contribution in [0.5, 0.6) is 0 Å². The molecule has 1 heteroatoms. The molecular weight excluding hydrogens is 247 g/mol. The summed E-state index contributed by atoms with van der Waals surface area (Å²) in [6, 6.07) is 8.57. The van der Waals surface area contributed by atoms with Crippen LogP contribution in [0.15, 0.2) is 30.3 Å². The highest BCUT2D eigenvalue weighted by atomic mass is 127. The molecule has 0 fully saturated rings. The van der Waals surface area contributed by atoms with Crippen LogP contribution in [0.25, 0.3) is 3.58 Å². The SMILES string of the molecule is C/C=C(\I)c1ccc(C)cc1. The number of halogens is 1. The maximum atomic E-state index is 2.34. The van der Waals surface area contributed by atoms with Crippen molar-refractivity contribution in [1.82, 2.24) is 0 Å². The molecule has 0 heterocycles. The fourth-order valence-corrected chi connectivity index (χ4v) is 1.24. The summed E-state index contributed by atoms with van der Waals surface area (Å²) in [6.45, 7) is 4.16. The average Bonchev–Trinajstić information content (AvgIpc) is 2.05. The summed E-state index contributed by atoms with van der Waals surface area (Å²) < 4.78 is 1.31. The molecule has 0 spiro atoms. The Kier molecular flexibility index (Phi) is 3.12. The van der Waals surface area contributed by atoms with Gasteiger partial charge in [-0.25, -0.2) is 0 Å². The third kappa shape index (κ3) is 2.33. The van der Waals surface area contributed by atoms with Gasteiger partial charge >= 0.3 is 0 Å². The third-order valence-corrected chi connectivity index (χ3v) is 2.83. The van der Waals surface area contributed by atoms with E-state index in [2.05, 4.69) is 66.8 Å². The Morgan fingerprint density at radius 3 is 2.27 bits per heavy atom. The van der Waals surface area contributed by atoms with E-state index in [1.165, 1.54) is 14.7 Å². The van der Waals surface area contributed by atoms with E-state index in [0.29, 0.717) is 0 Å². The Balaban J connectivity index is 2.99. The number of hydrogen-bond donors (Lipinski definition) is 0. The van der Waals surface area contributed by atoms with Crippen LogP contribution in [0.4, 0.5) is 0 Å². The molecule has 0 aliphatic carbocycles.